The van der Waals surface area contributed by atoms with Crippen molar-refractivity contribution in [2.45, 2.75) is 25.8 Å². The van der Waals surface area contributed by atoms with E-state index in [4.69, 9.17) is 5.41 Å². The molecule has 5 heteroatoms. The summed E-state index contributed by atoms with van der Waals surface area (Å²) in [5.74, 6) is 0. The molecule has 0 amide bonds. The van der Waals surface area contributed by atoms with Crippen molar-refractivity contribution in [1.82, 2.24) is 15.6 Å². The molecule has 0 bridgehead atoms. The average molecular weight is 311 g/mol. The quantitative estimate of drug-likeness (QED) is 0.510. The lowest BCUT2D eigenvalue weighted by molar-refractivity contribution is 0.550. The maximum absolute atomic E-state index is 7.20. The maximum Gasteiger partial charge on any atom is 0.0697 e. The molecule has 1 fully saturated rings. The molecule has 1 aromatic heterocycles. The van der Waals surface area contributed by atoms with Crippen LogP contribution in [0.5, 0.6) is 0 Å². The van der Waals surface area contributed by atoms with Crippen molar-refractivity contribution in [2.24, 2.45) is 4.99 Å². The molecule has 3 N–H and O–H groups in total. The van der Waals surface area contributed by atoms with Gasteiger partial charge in [0.1, 0.15) is 0 Å². The summed E-state index contributed by atoms with van der Waals surface area (Å²) < 4.78 is 0. The van der Waals surface area contributed by atoms with Gasteiger partial charge in [-0.1, -0.05) is 6.58 Å². The van der Waals surface area contributed by atoms with Crippen LogP contribution in [0.25, 0.3) is 5.57 Å². The van der Waals surface area contributed by atoms with Gasteiger partial charge in [0.25, 0.3) is 0 Å². The summed E-state index contributed by atoms with van der Waals surface area (Å²) >= 11 is 0. The lowest BCUT2D eigenvalue weighted by Gasteiger charge is -2.12. The molecule has 0 aliphatic carbocycles. The zero-order chi connectivity index (χ0) is 16.5. The van der Waals surface area contributed by atoms with Crippen LogP contribution in [-0.2, 0) is 0 Å². The second kappa shape index (κ2) is 9.12. The van der Waals surface area contributed by atoms with Gasteiger partial charge in [-0.05, 0) is 50.1 Å². The highest BCUT2D eigenvalue weighted by Gasteiger charge is 2.13. The van der Waals surface area contributed by atoms with Gasteiger partial charge in [-0.25, -0.2) is 0 Å². The predicted molar refractivity (Wildman–Crippen MR) is 97.3 cm³/mol. The Kier molecular flexibility index (Phi) is 6.84. The zero-order valence-corrected chi connectivity index (χ0v) is 13.7. The Labute approximate surface area is 138 Å². The summed E-state index contributed by atoms with van der Waals surface area (Å²) in [4.78, 5) is 8.74. The first-order valence-electron chi connectivity index (χ1n) is 8.02. The highest BCUT2D eigenvalue weighted by Crippen LogP contribution is 2.14. The number of nitrogens with one attached hydrogen (secondary N) is 3. The second-order valence-electron chi connectivity index (χ2n) is 5.59. The van der Waals surface area contributed by atoms with E-state index in [0.29, 0.717) is 12.6 Å². The molecule has 2 rings (SSSR count). The van der Waals surface area contributed by atoms with E-state index < -0.39 is 0 Å². The second-order valence-corrected chi connectivity index (χ2v) is 5.59. The average Bonchev–Trinajstić information content (AvgIpc) is 3.08. The topological polar surface area (TPSA) is 73.2 Å². The molecular formula is C18H25N5. The van der Waals surface area contributed by atoms with Crippen LogP contribution < -0.4 is 10.6 Å². The van der Waals surface area contributed by atoms with Crippen molar-refractivity contribution >= 4 is 18.0 Å². The Morgan fingerprint density at radius 1 is 1.57 bits per heavy atom. The Bertz CT molecular complexity index is 580. The number of hydrogen-bond donors (Lipinski definition) is 3. The first-order chi connectivity index (χ1) is 11.2. The standard InChI is InChI=1S/C18H25N5/c1-3-21-17(13-20-12-16-5-4-8-22-16)9-14(2)18-7-6-15(10-19)11-23-18/h3,6-7,9-11,16,19-20,22H,2,4-5,8,12-13H2,1H3/b17-9-,19-10?,21-3?. The molecule has 1 aliphatic rings. The van der Waals surface area contributed by atoms with E-state index >= 15 is 0 Å². The lowest BCUT2D eigenvalue weighted by Crippen LogP contribution is -2.34. The summed E-state index contributed by atoms with van der Waals surface area (Å²) in [7, 11) is 0. The molecule has 0 spiro atoms. The van der Waals surface area contributed by atoms with Crippen molar-refractivity contribution in [2.75, 3.05) is 19.6 Å². The van der Waals surface area contributed by atoms with Gasteiger partial charge in [-0.3, -0.25) is 9.98 Å². The highest BCUT2D eigenvalue weighted by atomic mass is 15.0. The van der Waals surface area contributed by atoms with E-state index in [1.165, 1.54) is 19.1 Å². The molecule has 5 nitrogen and oxygen atoms in total. The van der Waals surface area contributed by atoms with Crippen LogP contribution in [0, 0.1) is 5.41 Å². The third-order valence-electron chi connectivity index (χ3n) is 3.78. The monoisotopic (exact) mass is 311 g/mol. The minimum Gasteiger partial charge on any atom is -0.313 e. The van der Waals surface area contributed by atoms with Crippen LogP contribution in [0.1, 0.15) is 31.0 Å². The van der Waals surface area contributed by atoms with Gasteiger partial charge in [0, 0.05) is 43.3 Å². The van der Waals surface area contributed by atoms with Crippen LogP contribution in [0.4, 0.5) is 0 Å². The Morgan fingerprint density at radius 2 is 2.43 bits per heavy atom. The smallest absolute Gasteiger partial charge is 0.0697 e. The minimum atomic E-state index is 0.570. The third kappa shape index (κ3) is 5.54. The molecule has 122 valence electrons. The highest BCUT2D eigenvalue weighted by molar-refractivity contribution is 5.78. The summed E-state index contributed by atoms with van der Waals surface area (Å²) in [5.41, 5.74) is 3.34. The van der Waals surface area contributed by atoms with Crippen molar-refractivity contribution in [3.8, 4) is 0 Å². The van der Waals surface area contributed by atoms with E-state index in [0.717, 1.165) is 35.6 Å². The number of allylic oxidation sites excluding steroid dienone is 2. The van der Waals surface area contributed by atoms with Crippen molar-refractivity contribution in [3.63, 3.8) is 0 Å². The largest absolute Gasteiger partial charge is 0.313 e. The van der Waals surface area contributed by atoms with Gasteiger partial charge >= 0.3 is 0 Å². The first kappa shape index (κ1) is 17.2. The van der Waals surface area contributed by atoms with Gasteiger partial charge in [0.2, 0.25) is 0 Å². The molecule has 0 radical (unpaired) electrons. The van der Waals surface area contributed by atoms with Crippen molar-refractivity contribution in [1.29, 1.82) is 5.41 Å². The number of hydrogen-bond acceptors (Lipinski definition) is 5. The van der Waals surface area contributed by atoms with Crippen molar-refractivity contribution in [3.05, 3.63) is 47.9 Å². The molecule has 1 atom stereocenters. The van der Waals surface area contributed by atoms with Gasteiger partial charge in [-0.2, -0.15) is 0 Å². The fraction of sp³-hybridized carbons (Fsp3) is 0.389. The molecule has 23 heavy (non-hydrogen) atoms. The molecule has 2 heterocycles. The predicted octanol–water partition coefficient (Wildman–Crippen LogP) is 2.41. The van der Waals surface area contributed by atoms with Gasteiger partial charge in [-0.15, -0.1) is 0 Å². The first-order valence-corrected chi connectivity index (χ1v) is 8.02. The van der Waals surface area contributed by atoms with Crippen LogP contribution in [-0.4, -0.2) is 43.1 Å². The number of rotatable bonds is 8. The molecule has 0 saturated carbocycles. The Morgan fingerprint density at radius 3 is 3.04 bits per heavy atom. The van der Waals surface area contributed by atoms with Crippen LogP contribution in [0.3, 0.4) is 0 Å². The van der Waals surface area contributed by atoms with Crippen LogP contribution in [0.2, 0.25) is 0 Å². The summed E-state index contributed by atoms with van der Waals surface area (Å²) in [6.07, 6.45) is 9.20. The fourth-order valence-electron chi connectivity index (χ4n) is 2.56. The van der Waals surface area contributed by atoms with Crippen LogP contribution in [0.15, 0.2) is 41.7 Å². The molecule has 1 saturated heterocycles. The summed E-state index contributed by atoms with van der Waals surface area (Å²) in [6.45, 7) is 8.77. The molecule has 0 aromatic carbocycles. The van der Waals surface area contributed by atoms with Crippen molar-refractivity contribution < 1.29 is 0 Å². The number of aromatic nitrogens is 1. The third-order valence-corrected chi connectivity index (χ3v) is 3.78. The molecule has 1 aromatic rings. The number of pyridine rings is 1. The summed E-state index contributed by atoms with van der Waals surface area (Å²) in [6, 6.07) is 4.31. The summed E-state index contributed by atoms with van der Waals surface area (Å²) in [5, 5.41) is 14.1. The molecule has 1 unspecified atom stereocenters. The SMILES string of the molecule is C=C(/C=C(/CNCC1CCCN1)N=CC)c1ccc(C=N)cn1. The zero-order valence-electron chi connectivity index (χ0n) is 13.7. The Balaban J connectivity index is 1.95. The van der Waals surface area contributed by atoms with E-state index in [1.807, 2.05) is 25.1 Å². The van der Waals surface area contributed by atoms with E-state index in [2.05, 4.69) is 27.2 Å². The lowest BCUT2D eigenvalue weighted by atomic mass is 10.1. The van der Waals surface area contributed by atoms with E-state index in [1.54, 1.807) is 12.4 Å². The Hall–Kier alpha value is -2.11. The number of aliphatic imine (C=N–C) groups is 1. The van der Waals surface area contributed by atoms with Gasteiger partial charge in [0.15, 0.2) is 0 Å². The molecule has 1 aliphatic heterocycles. The maximum atomic E-state index is 7.20. The fourth-order valence-corrected chi connectivity index (χ4v) is 2.56. The van der Waals surface area contributed by atoms with Gasteiger partial charge < -0.3 is 16.0 Å². The van der Waals surface area contributed by atoms with E-state index in [9.17, 15) is 0 Å². The minimum absolute atomic E-state index is 0.570. The van der Waals surface area contributed by atoms with Crippen LogP contribution >= 0.6 is 0 Å². The number of nitrogens with zero attached hydrogens (tertiary/aromatic N) is 2. The molecular weight excluding hydrogens is 286 g/mol. The van der Waals surface area contributed by atoms with E-state index in [-0.39, 0.29) is 0 Å². The van der Waals surface area contributed by atoms with Gasteiger partial charge in [0.05, 0.1) is 11.4 Å². The normalized spacial score (nSPS) is 18.5.